The molecule has 0 aliphatic carbocycles. The molecule has 0 fully saturated rings. The zero-order valence-corrected chi connectivity index (χ0v) is 17.1. The molecule has 9 heteroatoms. The monoisotopic (exact) mass is 406 g/mol. The van der Waals surface area contributed by atoms with E-state index in [1.807, 2.05) is 0 Å². The van der Waals surface area contributed by atoms with Crippen LogP contribution in [0.25, 0.3) is 0 Å². The number of esters is 2. The van der Waals surface area contributed by atoms with Gasteiger partial charge in [0.2, 0.25) is 10.0 Å². The van der Waals surface area contributed by atoms with Crippen LogP contribution in [-0.4, -0.2) is 50.9 Å². The van der Waals surface area contributed by atoms with E-state index in [9.17, 15) is 18.0 Å². The van der Waals surface area contributed by atoms with Gasteiger partial charge < -0.3 is 9.47 Å². The fourth-order valence-electron chi connectivity index (χ4n) is 2.75. The van der Waals surface area contributed by atoms with E-state index >= 15 is 0 Å². The van der Waals surface area contributed by atoms with Crippen LogP contribution < -0.4 is 0 Å². The molecule has 0 saturated carbocycles. The van der Waals surface area contributed by atoms with Crippen LogP contribution in [0.1, 0.15) is 28.5 Å². The van der Waals surface area contributed by atoms with Crippen LogP contribution in [0.4, 0.5) is 0 Å². The van der Waals surface area contributed by atoms with Crippen LogP contribution in [0.15, 0.2) is 47.5 Å². The van der Waals surface area contributed by atoms with Crippen LogP contribution in [0.2, 0.25) is 0 Å². The highest BCUT2D eigenvalue weighted by atomic mass is 32.2. The third kappa shape index (κ3) is 3.63. The number of sulfonamides is 1. The average molecular weight is 406 g/mol. The maximum atomic E-state index is 13.4. The number of benzene rings is 1. The molecule has 0 amide bonds. The maximum Gasteiger partial charge on any atom is 0.337 e. The molecule has 28 heavy (non-hydrogen) atoms. The molecule has 1 atom stereocenters. The Kier molecular flexibility index (Phi) is 6.20. The van der Waals surface area contributed by atoms with E-state index in [0.29, 0.717) is 5.56 Å². The summed E-state index contributed by atoms with van der Waals surface area (Å²) in [7, 11) is -0.561. The molecule has 8 nitrogen and oxygen atoms in total. The first-order valence-electron chi connectivity index (χ1n) is 8.28. The van der Waals surface area contributed by atoms with Crippen molar-refractivity contribution in [2.24, 2.45) is 0 Å². The van der Waals surface area contributed by atoms with Gasteiger partial charge in [-0.1, -0.05) is 12.1 Å². The summed E-state index contributed by atoms with van der Waals surface area (Å²) in [5, 5.41) is 0. The lowest BCUT2D eigenvalue weighted by atomic mass is 9.97. The third-order valence-electron chi connectivity index (χ3n) is 4.62. The number of methoxy groups -OCH3 is 2. The van der Waals surface area contributed by atoms with Gasteiger partial charge in [0, 0.05) is 13.2 Å². The van der Waals surface area contributed by atoms with Crippen molar-refractivity contribution in [1.82, 2.24) is 9.29 Å². The molecule has 0 unspecified atom stereocenters. The molecule has 0 radical (unpaired) electrons. The number of ether oxygens (including phenoxy) is 2. The second-order valence-corrected chi connectivity index (χ2v) is 8.16. The maximum absolute atomic E-state index is 13.4. The highest BCUT2D eigenvalue weighted by Crippen LogP contribution is 2.33. The first-order valence-corrected chi connectivity index (χ1v) is 9.72. The predicted molar refractivity (Wildman–Crippen MR) is 101 cm³/mol. The fraction of sp³-hybridized carbons (Fsp3) is 0.316. The lowest BCUT2D eigenvalue weighted by Gasteiger charge is -2.35. The highest BCUT2D eigenvalue weighted by molar-refractivity contribution is 7.89. The first kappa shape index (κ1) is 21.5. The first-order chi connectivity index (χ1) is 13.1. The Hall–Kier alpha value is -2.78. The summed E-state index contributed by atoms with van der Waals surface area (Å²) < 4.78 is 37.2. The fourth-order valence-corrected chi connectivity index (χ4v) is 4.45. The molecule has 0 saturated heterocycles. The van der Waals surface area contributed by atoms with Gasteiger partial charge in [0.25, 0.3) is 0 Å². The van der Waals surface area contributed by atoms with Crippen LogP contribution in [0.5, 0.6) is 0 Å². The number of carbonyl (C=O) groups excluding carboxylic acids is 2. The van der Waals surface area contributed by atoms with Crippen molar-refractivity contribution in [1.29, 1.82) is 0 Å². The van der Waals surface area contributed by atoms with E-state index < -0.39 is 27.5 Å². The Balaban J connectivity index is 2.66. The number of nitrogens with zero attached hydrogens (tertiary/aromatic N) is 2. The number of likely N-dealkylation sites (N-methyl/N-ethyl adjacent to an activating group) is 1. The number of hydrogen-bond acceptors (Lipinski definition) is 7. The van der Waals surface area contributed by atoms with Crippen molar-refractivity contribution >= 4 is 22.0 Å². The topological polar surface area (TPSA) is 103 Å². The van der Waals surface area contributed by atoms with Gasteiger partial charge in [-0.3, -0.25) is 4.98 Å². The minimum atomic E-state index is -4.21. The Morgan fingerprint density at radius 1 is 1.11 bits per heavy atom. The van der Waals surface area contributed by atoms with Gasteiger partial charge >= 0.3 is 11.9 Å². The van der Waals surface area contributed by atoms with Gasteiger partial charge in [-0.15, -0.1) is 0 Å². The van der Waals surface area contributed by atoms with Crippen molar-refractivity contribution in [2.45, 2.75) is 24.3 Å². The van der Waals surface area contributed by atoms with Gasteiger partial charge in [0.15, 0.2) is 5.54 Å². The van der Waals surface area contributed by atoms with Crippen molar-refractivity contribution in [3.8, 4) is 0 Å². The van der Waals surface area contributed by atoms with Gasteiger partial charge in [0.05, 0.1) is 30.4 Å². The number of rotatable bonds is 6. The standard InChI is InChI=1S/C19H22N2O6S/c1-13-9-10-14(17(22)26-4)12-15(13)28(24,25)21(3)19(2,18(23)27-5)16-8-6-7-11-20-16/h6-12H,1-5H3/t19-/m1/s1. The Bertz CT molecular complexity index is 991. The number of aromatic nitrogens is 1. The number of hydrogen-bond donors (Lipinski definition) is 0. The summed E-state index contributed by atoms with van der Waals surface area (Å²) in [4.78, 5) is 28.5. The molecule has 2 aromatic rings. The lowest BCUT2D eigenvalue weighted by molar-refractivity contribution is -0.151. The molecule has 0 aliphatic rings. The predicted octanol–water partition coefficient (Wildman–Crippen LogP) is 1.89. The largest absolute Gasteiger partial charge is 0.467 e. The van der Waals surface area contributed by atoms with Crippen molar-refractivity contribution < 1.29 is 27.5 Å². The Labute approximate surface area is 164 Å². The van der Waals surface area contributed by atoms with Crippen LogP contribution >= 0.6 is 0 Å². The molecule has 0 bridgehead atoms. The molecular formula is C19H22N2O6S. The summed E-state index contributed by atoms with van der Waals surface area (Å²) in [6.45, 7) is 3.01. The molecule has 1 aromatic carbocycles. The van der Waals surface area contributed by atoms with Gasteiger partial charge in [0.1, 0.15) is 0 Å². The molecule has 0 spiro atoms. The zero-order valence-electron chi connectivity index (χ0n) is 16.3. The highest BCUT2D eigenvalue weighted by Gasteiger charge is 2.48. The third-order valence-corrected chi connectivity index (χ3v) is 6.71. The van der Waals surface area contributed by atoms with Gasteiger partial charge in [-0.2, -0.15) is 4.31 Å². The van der Waals surface area contributed by atoms with E-state index in [0.717, 1.165) is 4.31 Å². The molecule has 0 N–H and O–H groups in total. The Morgan fingerprint density at radius 2 is 1.79 bits per heavy atom. The minimum absolute atomic E-state index is 0.0812. The van der Waals surface area contributed by atoms with E-state index in [1.54, 1.807) is 25.1 Å². The SMILES string of the molecule is COC(=O)c1ccc(C)c(S(=O)(=O)N(C)[C@@](C)(C(=O)OC)c2ccccn2)c1. The Morgan fingerprint density at radius 3 is 2.32 bits per heavy atom. The zero-order chi connectivity index (χ0) is 21.1. The van der Waals surface area contributed by atoms with Crippen LogP contribution in [0, 0.1) is 6.92 Å². The smallest absolute Gasteiger partial charge is 0.337 e. The van der Waals surface area contributed by atoms with Gasteiger partial charge in [-0.05, 0) is 43.7 Å². The van der Waals surface area contributed by atoms with Crippen molar-refractivity contribution in [2.75, 3.05) is 21.3 Å². The number of pyridine rings is 1. The molecule has 1 heterocycles. The molecule has 1 aromatic heterocycles. The molecule has 150 valence electrons. The van der Waals surface area contributed by atoms with E-state index in [1.165, 1.54) is 52.6 Å². The summed E-state index contributed by atoms with van der Waals surface area (Å²) in [5.41, 5.74) is -1.03. The van der Waals surface area contributed by atoms with Crippen molar-refractivity contribution in [3.05, 3.63) is 59.4 Å². The second kappa shape index (κ2) is 8.07. The number of carbonyl (C=O) groups is 2. The molecular weight excluding hydrogens is 384 g/mol. The van der Waals surface area contributed by atoms with Crippen LogP contribution in [-0.2, 0) is 29.8 Å². The van der Waals surface area contributed by atoms with Crippen LogP contribution in [0.3, 0.4) is 0 Å². The summed E-state index contributed by atoms with van der Waals surface area (Å²) >= 11 is 0. The average Bonchev–Trinajstić information content (AvgIpc) is 2.72. The molecule has 0 aliphatic heterocycles. The van der Waals surface area contributed by atoms with Crippen molar-refractivity contribution in [3.63, 3.8) is 0 Å². The quantitative estimate of drug-likeness (QED) is 0.675. The molecule has 2 rings (SSSR count). The summed E-state index contributed by atoms with van der Waals surface area (Å²) in [5.74, 6) is -1.46. The lowest BCUT2D eigenvalue weighted by Crippen LogP contribution is -2.51. The van der Waals surface area contributed by atoms with E-state index in [4.69, 9.17) is 4.74 Å². The number of aryl methyl sites for hydroxylation is 1. The van der Waals surface area contributed by atoms with E-state index in [-0.39, 0.29) is 16.2 Å². The minimum Gasteiger partial charge on any atom is -0.467 e. The summed E-state index contributed by atoms with van der Waals surface area (Å²) in [6, 6.07) is 9.04. The van der Waals surface area contributed by atoms with E-state index in [2.05, 4.69) is 9.72 Å². The normalized spacial score (nSPS) is 13.6. The summed E-state index contributed by atoms with van der Waals surface area (Å²) in [6.07, 6.45) is 1.46. The van der Waals surface area contributed by atoms with Gasteiger partial charge in [-0.25, -0.2) is 18.0 Å². The second-order valence-electron chi connectivity index (χ2n) is 6.22.